The van der Waals surface area contributed by atoms with Gasteiger partial charge in [0, 0.05) is 0 Å². The fourth-order valence-corrected chi connectivity index (χ4v) is 5.59. The average molecular weight is 341 g/mol. The van der Waals surface area contributed by atoms with Crippen molar-refractivity contribution in [2.24, 2.45) is 17.3 Å². The number of aliphatic hydroxyl groups is 1. The molecule has 138 valence electrons. The van der Waals surface area contributed by atoms with E-state index in [9.17, 15) is 5.11 Å². The monoisotopic (exact) mass is 340 g/mol. The lowest BCUT2D eigenvalue weighted by atomic mass is 9.63. The van der Waals surface area contributed by atoms with Gasteiger partial charge in [-0.05, 0) is 92.6 Å². The predicted octanol–water partition coefficient (Wildman–Crippen LogP) is 6.51. The molecule has 0 aromatic rings. The SMILES string of the molecule is C=C1/C(=C\C=C2/CCC[C@]3(C)C(C/C=C/CC)CCC23)CCCC1O. The molecule has 25 heavy (non-hydrogen) atoms. The van der Waals surface area contributed by atoms with Crippen LogP contribution in [0.15, 0.2) is 47.6 Å². The summed E-state index contributed by atoms with van der Waals surface area (Å²) in [4.78, 5) is 0. The van der Waals surface area contributed by atoms with Gasteiger partial charge in [0.1, 0.15) is 0 Å². The van der Waals surface area contributed by atoms with Gasteiger partial charge in [0.15, 0.2) is 0 Å². The highest BCUT2D eigenvalue weighted by Crippen LogP contribution is 2.58. The summed E-state index contributed by atoms with van der Waals surface area (Å²) in [5.41, 5.74) is 4.38. The van der Waals surface area contributed by atoms with Gasteiger partial charge in [-0.3, -0.25) is 0 Å². The van der Waals surface area contributed by atoms with Crippen LogP contribution in [0.4, 0.5) is 0 Å². The summed E-state index contributed by atoms with van der Waals surface area (Å²) < 4.78 is 0. The van der Waals surface area contributed by atoms with Gasteiger partial charge in [-0.25, -0.2) is 0 Å². The number of aliphatic hydroxyl groups excluding tert-OH is 1. The van der Waals surface area contributed by atoms with E-state index in [1.54, 1.807) is 5.57 Å². The Hall–Kier alpha value is -1.08. The van der Waals surface area contributed by atoms with Crippen LogP contribution < -0.4 is 0 Å². The van der Waals surface area contributed by atoms with Crippen molar-refractivity contribution in [1.82, 2.24) is 0 Å². The van der Waals surface area contributed by atoms with Crippen molar-refractivity contribution in [3.8, 4) is 0 Å². The van der Waals surface area contributed by atoms with E-state index in [2.05, 4.69) is 44.7 Å². The maximum absolute atomic E-state index is 10.0. The van der Waals surface area contributed by atoms with Crippen molar-refractivity contribution >= 4 is 0 Å². The molecular weight excluding hydrogens is 304 g/mol. The van der Waals surface area contributed by atoms with Gasteiger partial charge in [0.25, 0.3) is 0 Å². The van der Waals surface area contributed by atoms with Crippen molar-refractivity contribution in [3.63, 3.8) is 0 Å². The van der Waals surface area contributed by atoms with Crippen LogP contribution in [0, 0.1) is 17.3 Å². The summed E-state index contributed by atoms with van der Waals surface area (Å²) in [6, 6.07) is 0. The Kier molecular flexibility index (Phi) is 6.04. The van der Waals surface area contributed by atoms with Crippen molar-refractivity contribution in [2.75, 3.05) is 0 Å². The van der Waals surface area contributed by atoms with Crippen LogP contribution in [-0.2, 0) is 0 Å². The van der Waals surface area contributed by atoms with Crippen molar-refractivity contribution in [1.29, 1.82) is 0 Å². The average Bonchev–Trinajstić information content (AvgIpc) is 2.93. The molecule has 1 nitrogen and oxygen atoms in total. The van der Waals surface area contributed by atoms with Gasteiger partial charge in [0.05, 0.1) is 6.10 Å². The van der Waals surface area contributed by atoms with Gasteiger partial charge in [-0.15, -0.1) is 0 Å². The van der Waals surface area contributed by atoms with Crippen molar-refractivity contribution < 1.29 is 5.11 Å². The molecule has 1 heteroatoms. The molecule has 3 unspecified atom stereocenters. The molecule has 0 heterocycles. The van der Waals surface area contributed by atoms with Gasteiger partial charge in [-0.1, -0.05) is 50.3 Å². The lowest BCUT2D eigenvalue weighted by molar-refractivity contribution is 0.137. The molecule has 0 aliphatic heterocycles. The van der Waals surface area contributed by atoms with E-state index in [0.29, 0.717) is 5.41 Å². The summed E-state index contributed by atoms with van der Waals surface area (Å²) in [6.07, 6.45) is 21.3. The third kappa shape index (κ3) is 3.87. The van der Waals surface area contributed by atoms with Crippen LogP contribution in [0.25, 0.3) is 0 Å². The normalized spacial score (nSPS) is 39.5. The molecule has 1 N–H and O–H groups in total. The fraction of sp³-hybridized carbons (Fsp3) is 0.667. The number of allylic oxidation sites excluding steroid dienone is 5. The standard InChI is InChI=1S/C24H36O/c1-4-5-6-11-21-15-16-22-20(10-8-17-24(21,22)3)14-13-19-9-7-12-23(25)18(19)2/h5-6,13-14,21-23,25H,2,4,7-12,15-17H2,1,3H3/b6-5+,19-13-,20-14+/t21?,22?,23?,24-/m1/s1. The zero-order valence-corrected chi connectivity index (χ0v) is 16.3. The fourth-order valence-electron chi connectivity index (χ4n) is 5.59. The van der Waals surface area contributed by atoms with E-state index in [0.717, 1.165) is 43.1 Å². The Morgan fingerprint density at radius 2 is 1.96 bits per heavy atom. The second kappa shape index (κ2) is 8.08. The van der Waals surface area contributed by atoms with Crippen LogP contribution >= 0.6 is 0 Å². The minimum atomic E-state index is -0.323. The molecule has 0 bridgehead atoms. The maximum atomic E-state index is 10.0. The van der Waals surface area contributed by atoms with E-state index in [-0.39, 0.29) is 6.10 Å². The van der Waals surface area contributed by atoms with Crippen LogP contribution in [0.1, 0.15) is 78.1 Å². The van der Waals surface area contributed by atoms with Crippen molar-refractivity contribution in [2.45, 2.75) is 84.2 Å². The smallest absolute Gasteiger partial charge is 0.0787 e. The molecule has 3 saturated carbocycles. The van der Waals surface area contributed by atoms with Gasteiger partial charge in [-0.2, -0.15) is 0 Å². The summed E-state index contributed by atoms with van der Waals surface area (Å²) >= 11 is 0. The van der Waals surface area contributed by atoms with E-state index < -0.39 is 0 Å². The molecule has 3 aliphatic rings. The minimum Gasteiger partial charge on any atom is -0.388 e. The summed E-state index contributed by atoms with van der Waals surface area (Å²) in [6.45, 7) is 8.90. The topological polar surface area (TPSA) is 20.2 Å². The summed E-state index contributed by atoms with van der Waals surface area (Å²) in [7, 11) is 0. The molecule has 0 amide bonds. The highest BCUT2D eigenvalue weighted by Gasteiger charge is 2.48. The molecule has 3 rings (SSSR count). The van der Waals surface area contributed by atoms with Crippen molar-refractivity contribution in [3.05, 3.63) is 47.6 Å². The van der Waals surface area contributed by atoms with Crippen LogP contribution in [-0.4, -0.2) is 11.2 Å². The predicted molar refractivity (Wildman–Crippen MR) is 107 cm³/mol. The quantitative estimate of drug-likeness (QED) is 0.578. The molecule has 4 atom stereocenters. The second-order valence-corrected chi connectivity index (χ2v) is 8.67. The zero-order chi connectivity index (χ0) is 17.9. The molecule has 3 aliphatic carbocycles. The maximum Gasteiger partial charge on any atom is 0.0787 e. The number of rotatable bonds is 4. The molecular formula is C24H36O. The number of hydrogen-bond donors (Lipinski definition) is 1. The Bertz CT molecular complexity index is 579. The first-order valence-electron chi connectivity index (χ1n) is 10.5. The number of hydrogen-bond acceptors (Lipinski definition) is 1. The van der Waals surface area contributed by atoms with Gasteiger partial charge >= 0.3 is 0 Å². The van der Waals surface area contributed by atoms with Crippen LogP contribution in [0.3, 0.4) is 0 Å². The van der Waals surface area contributed by atoms with Crippen LogP contribution in [0.2, 0.25) is 0 Å². The summed E-state index contributed by atoms with van der Waals surface area (Å²) in [5, 5.41) is 10.0. The number of fused-ring (bicyclic) bond motifs is 1. The Labute approximate surface area is 154 Å². The zero-order valence-electron chi connectivity index (χ0n) is 16.3. The molecule has 0 radical (unpaired) electrons. The lowest BCUT2D eigenvalue weighted by Gasteiger charge is -2.42. The first-order chi connectivity index (χ1) is 12.1. The first kappa shape index (κ1) is 18.7. The molecule has 0 aromatic carbocycles. The van der Waals surface area contributed by atoms with Gasteiger partial charge < -0.3 is 5.11 Å². The highest BCUT2D eigenvalue weighted by atomic mass is 16.3. The van der Waals surface area contributed by atoms with Crippen LogP contribution in [0.5, 0.6) is 0 Å². The van der Waals surface area contributed by atoms with E-state index in [4.69, 9.17) is 0 Å². The Morgan fingerprint density at radius 3 is 2.76 bits per heavy atom. The highest BCUT2D eigenvalue weighted by molar-refractivity contribution is 5.37. The first-order valence-corrected chi connectivity index (χ1v) is 10.5. The van der Waals surface area contributed by atoms with E-state index in [1.807, 2.05) is 0 Å². The van der Waals surface area contributed by atoms with E-state index in [1.165, 1.54) is 44.1 Å². The Balaban J connectivity index is 1.75. The second-order valence-electron chi connectivity index (χ2n) is 8.67. The van der Waals surface area contributed by atoms with Gasteiger partial charge in [0.2, 0.25) is 0 Å². The minimum absolute atomic E-state index is 0.323. The third-order valence-electron chi connectivity index (χ3n) is 7.22. The molecule has 0 aromatic heterocycles. The molecule has 0 spiro atoms. The summed E-state index contributed by atoms with van der Waals surface area (Å²) in [5.74, 6) is 1.61. The third-order valence-corrected chi connectivity index (χ3v) is 7.22. The Morgan fingerprint density at radius 1 is 1.12 bits per heavy atom. The van der Waals surface area contributed by atoms with E-state index >= 15 is 0 Å². The molecule has 0 saturated heterocycles. The largest absolute Gasteiger partial charge is 0.388 e. The molecule has 3 fully saturated rings. The lowest BCUT2D eigenvalue weighted by Crippen LogP contribution is -2.33.